The molecular formula is C28H32FN3O3S. The minimum Gasteiger partial charge on any atom is -0.392 e. The lowest BCUT2D eigenvalue weighted by atomic mass is 9.66. The zero-order valence-corrected chi connectivity index (χ0v) is 21.9. The number of benzene rings is 2. The number of halogens is 1. The highest BCUT2D eigenvalue weighted by Gasteiger charge is 2.48. The summed E-state index contributed by atoms with van der Waals surface area (Å²) < 4.78 is 44.0. The Labute approximate surface area is 212 Å². The number of aliphatic hydroxyl groups is 1. The first-order valence-corrected chi connectivity index (χ1v) is 13.7. The number of aromatic nitrogens is 2. The van der Waals surface area contributed by atoms with Crippen LogP contribution in [0.1, 0.15) is 50.9 Å². The Morgan fingerprint density at radius 3 is 2.36 bits per heavy atom. The van der Waals surface area contributed by atoms with Crippen molar-refractivity contribution in [2.24, 2.45) is 5.41 Å². The van der Waals surface area contributed by atoms with Gasteiger partial charge in [0.25, 0.3) is 0 Å². The molecule has 0 amide bonds. The molecule has 0 bridgehead atoms. The van der Waals surface area contributed by atoms with Crippen LogP contribution >= 0.6 is 0 Å². The molecule has 1 aliphatic carbocycles. The summed E-state index contributed by atoms with van der Waals surface area (Å²) in [5.74, 6) is -0.312. The normalized spacial score (nSPS) is 21.4. The van der Waals surface area contributed by atoms with Gasteiger partial charge in [-0.25, -0.2) is 17.5 Å². The van der Waals surface area contributed by atoms with Gasteiger partial charge in [0.1, 0.15) is 5.82 Å². The Balaban J connectivity index is 1.48. The van der Waals surface area contributed by atoms with Gasteiger partial charge in [-0.2, -0.15) is 9.40 Å². The molecule has 6 nitrogen and oxygen atoms in total. The van der Waals surface area contributed by atoms with E-state index in [0.29, 0.717) is 19.4 Å². The molecule has 1 fully saturated rings. The van der Waals surface area contributed by atoms with E-state index in [1.54, 1.807) is 42.1 Å². The number of hydrogen-bond acceptors (Lipinski definition) is 4. The monoisotopic (exact) mass is 509 g/mol. The van der Waals surface area contributed by atoms with E-state index in [0.717, 1.165) is 28.1 Å². The van der Waals surface area contributed by atoms with Crippen molar-refractivity contribution < 1.29 is 17.9 Å². The fraction of sp³-hybridized carbons (Fsp3) is 0.393. The maximum atomic E-state index is 13.6. The van der Waals surface area contributed by atoms with Crippen molar-refractivity contribution in [3.05, 3.63) is 82.9 Å². The summed E-state index contributed by atoms with van der Waals surface area (Å²) >= 11 is 0. The van der Waals surface area contributed by atoms with Crippen LogP contribution in [-0.2, 0) is 21.9 Å². The van der Waals surface area contributed by atoms with Gasteiger partial charge in [0, 0.05) is 18.5 Å². The van der Waals surface area contributed by atoms with E-state index in [4.69, 9.17) is 0 Å². The summed E-state index contributed by atoms with van der Waals surface area (Å²) in [5.41, 5.74) is 3.85. The fourth-order valence-corrected chi connectivity index (χ4v) is 6.89. The summed E-state index contributed by atoms with van der Waals surface area (Å²) in [6.45, 7) is 8.55. The third kappa shape index (κ3) is 4.11. The lowest BCUT2D eigenvalue weighted by Gasteiger charge is -2.47. The summed E-state index contributed by atoms with van der Waals surface area (Å²) in [7, 11) is -3.73. The highest BCUT2D eigenvalue weighted by molar-refractivity contribution is 7.89. The third-order valence-electron chi connectivity index (χ3n) is 7.66. The highest BCUT2D eigenvalue weighted by atomic mass is 32.2. The van der Waals surface area contributed by atoms with Crippen LogP contribution in [0.25, 0.3) is 11.8 Å². The molecule has 1 saturated heterocycles. The minimum atomic E-state index is -3.73. The molecule has 36 heavy (non-hydrogen) atoms. The van der Waals surface area contributed by atoms with E-state index in [-0.39, 0.29) is 22.7 Å². The van der Waals surface area contributed by atoms with Crippen LogP contribution in [0.5, 0.6) is 0 Å². The molecule has 190 valence electrons. The van der Waals surface area contributed by atoms with Crippen molar-refractivity contribution in [3.63, 3.8) is 0 Å². The van der Waals surface area contributed by atoms with Crippen LogP contribution in [0, 0.1) is 11.2 Å². The molecule has 3 aromatic rings. The van der Waals surface area contributed by atoms with Gasteiger partial charge in [0.15, 0.2) is 0 Å². The molecule has 1 aromatic heterocycles. The van der Waals surface area contributed by atoms with E-state index < -0.39 is 21.5 Å². The molecule has 8 heteroatoms. The number of aliphatic hydroxyl groups excluding tert-OH is 1. The average Bonchev–Trinajstić information content (AvgIpc) is 3.24. The van der Waals surface area contributed by atoms with E-state index in [9.17, 15) is 17.9 Å². The molecule has 1 aliphatic heterocycles. The van der Waals surface area contributed by atoms with Gasteiger partial charge in [-0.05, 0) is 78.8 Å². The number of piperidine rings is 1. The second-order valence-corrected chi connectivity index (χ2v) is 12.9. The van der Waals surface area contributed by atoms with Crippen molar-refractivity contribution in [1.29, 1.82) is 0 Å². The molecule has 0 radical (unpaired) electrons. The Kier molecular flexibility index (Phi) is 5.97. The predicted molar refractivity (Wildman–Crippen MR) is 138 cm³/mol. The summed E-state index contributed by atoms with van der Waals surface area (Å²) in [4.78, 5) is 0.268. The van der Waals surface area contributed by atoms with Crippen molar-refractivity contribution in [1.82, 2.24) is 14.1 Å². The number of rotatable bonds is 4. The zero-order chi connectivity index (χ0) is 25.9. The van der Waals surface area contributed by atoms with Crippen molar-refractivity contribution in [2.75, 3.05) is 13.1 Å². The molecule has 2 heterocycles. The van der Waals surface area contributed by atoms with E-state index >= 15 is 0 Å². The molecule has 2 aliphatic rings. The molecular weight excluding hydrogens is 477 g/mol. The van der Waals surface area contributed by atoms with Gasteiger partial charge in [0.2, 0.25) is 10.0 Å². The highest BCUT2D eigenvalue weighted by Crippen LogP contribution is 2.47. The Morgan fingerprint density at radius 1 is 1.08 bits per heavy atom. The van der Waals surface area contributed by atoms with Gasteiger partial charge < -0.3 is 5.11 Å². The fourth-order valence-electron chi connectivity index (χ4n) is 5.38. The topological polar surface area (TPSA) is 75.4 Å². The molecule has 2 unspecified atom stereocenters. The Bertz CT molecular complexity index is 1420. The van der Waals surface area contributed by atoms with Gasteiger partial charge in [0.05, 0.1) is 28.6 Å². The zero-order valence-electron chi connectivity index (χ0n) is 21.1. The summed E-state index contributed by atoms with van der Waals surface area (Å²) in [5, 5.41) is 15.5. The summed E-state index contributed by atoms with van der Waals surface area (Å²) in [6, 6.07) is 13.3. The van der Waals surface area contributed by atoms with Crippen molar-refractivity contribution >= 4 is 16.1 Å². The van der Waals surface area contributed by atoms with Crippen LogP contribution in [0.2, 0.25) is 0 Å². The van der Waals surface area contributed by atoms with E-state index in [2.05, 4.69) is 25.9 Å². The van der Waals surface area contributed by atoms with Gasteiger partial charge in [-0.15, -0.1) is 0 Å². The first-order chi connectivity index (χ1) is 16.9. The van der Waals surface area contributed by atoms with Gasteiger partial charge >= 0.3 is 0 Å². The van der Waals surface area contributed by atoms with Crippen LogP contribution in [0.15, 0.2) is 65.2 Å². The average molecular weight is 510 g/mol. The van der Waals surface area contributed by atoms with E-state index in [1.807, 2.05) is 18.2 Å². The molecule has 0 saturated carbocycles. The first kappa shape index (κ1) is 24.9. The maximum absolute atomic E-state index is 13.6. The van der Waals surface area contributed by atoms with Crippen LogP contribution in [-0.4, -0.2) is 46.8 Å². The second-order valence-electron chi connectivity index (χ2n) is 11.0. The molecule has 2 atom stereocenters. The third-order valence-corrected chi connectivity index (χ3v) is 9.52. The number of fused-ring (bicyclic) bond motifs is 2. The predicted octanol–water partition coefficient (Wildman–Crippen LogP) is 4.71. The van der Waals surface area contributed by atoms with Crippen LogP contribution < -0.4 is 0 Å². The van der Waals surface area contributed by atoms with Crippen LogP contribution in [0.3, 0.4) is 0 Å². The molecule has 5 rings (SSSR count). The largest absolute Gasteiger partial charge is 0.392 e. The summed E-state index contributed by atoms with van der Waals surface area (Å²) in [6.07, 6.45) is 4.02. The first-order valence-electron chi connectivity index (χ1n) is 12.2. The molecule has 2 aromatic carbocycles. The smallest absolute Gasteiger partial charge is 0.243 e. The van der Waals surface area contributed by atoms with Crippen molar-refractivity contribution in [2.45, 2.75) is 57.0 Å². The molecule has 1 N–H and O–H groups in total. The van der Waals surface area contributed by atoms with Crippen LogP contribution in [0.4, 0.5) is 4.39 Å². The van der Waals surface area contributed by atoms with Gasteiger partial charge in [-0.1, -0.05) is 38.5 Å². The Morgan fingerprint density at radius 2 is 1.75 bits per heavy atom. The minimum absolute atomic E-state index is 0.0678. The van der Waals surface area contributed by atoms with Gasteiger partial charge in [-0.3, -0.25) is 0 Å². The molecule has 0 spiro atoms. The SMILES string of the molecule is CC(O)C12Cc3cnn(-c4ccc(F)cc4)c3C=C1CCN(S(=O)(=O)c1ccc(C(C)(C)C)cc1)C2. The van der Waals surface area contributed by atoms with Crippen molar-refractivity contribution in [3.8, 4) is 5.69 Å². The lowest BCUT2D eigenvalue weighted by molar-refractivity contribution is 0.0366. The standard InChI is InChI=1S/C28H32FN3O3S/c1-19(33)28-16-20-17-30-32(24-9-7-23(29)8-10-24)26(20)15-22(28)13-14-31(18-28)36(34,35)25-11-5-21(6-12-25)27(2,3)4/h5-12,15,17,19,33H,13-14,16,18H2,1-4H3. The number of nitrogens with zero attached hydrogens (tertiary/aromatic N) is 3. The Hall–Kier alpha value is -2.81. The lowest BCUT2D eigenvalue weighted by Crippen LogP contribution is -2.53. The second kappa shape index (κ2) is 8.64. The quantitative estimate of drug-likeness (QED) is 0.553. The van der Waals surface area contributed by atoms with E-state index in [1.165, 1.54) is 16.4 Å². The number of sulfonamides is 1. The maximum Gasteiger partial charge on any atom is 0.243 e. The number of hydrogen-bond donors (Lipinski definition) is 1.